The first-order chi connectivity index (χ1) is 22.7. The zero-order chi connectivity index (χ0) is 34.8. The monoisotopic (exact) mass is 682 g/mol. The lowest BCUT2D eigenvalue weighted by atomic mass is 9.77. The summed E-state index contributed by atoms with van der Waals surface area (Å²) in [5.74, 6) is -9.42. The van der Waals surface area contributed by atoms with Gasteiger partial charge in [0, 0.05) is 17.7 Å². The standard InChI is InChI=1S/C37H32F10O/c1-2-3-4-5-21-6-8-22(9-7-21)23-10-12-24(13-11-23)25-14-15-28(29(38)16-25)26-17-30(39)35(31(40)18-26)37(46,47)48-27-19-32(41)34(33(42)20-27)36(43,44)45/h10-22H,2-9H2,1H3. The molecule has 0 unspecified atom stereocenters. The molecule has 4 aromatic carbocycles. The molecule has 1 saturated carbocycles. The number of hydrogen-bond acceptors (Lipinski definition) is 1. The lowest BCUT2D eigenvalue weighted by molar-refractivity contribution is -0.189. The number of unbranched alkanes of at least 4 members (excludes halogenated alkanes) is 2. The summed E-state index contributed by atoms with van der Waals surface area (Å²) in [5, 5.41) is 0. The van der Waals surface area contributed by atoms with Gasteiger partial charge in [-0.05, 0) is 78.0 Å². The van der Waals surface area contributed by atoms with Crippen molar-refractivity contribution in [3.63, 3.8) is 0 Å². The summed E-state index contributed by atoms with van der Waals surface area (Å²) >= 11 is 0. The van der Waals surface area contributed by atoms with Crippen LogP contribution in [-0.4, -0.2) is 0 Å². The van der Waals surface area contributed by atoms with E-state index in [4.69, 9.17) is 0 Å². The largest absolute Gasteiger partial charge is 0.432 e. The van der Waals surface area contributed by atoms with Crippen LogP contribution in [0.4, 0.5) is 43.9 Å². The van der Waals surface area contributed by atoms with Crippen molar-refractivity contribution in [3.05, 3.63) is 113 Å². The Bertz CT molecular complexity index is 1690. The van der Waals surface area contributed by atoms with Gasteiger partial charge in [0.15, 0.2) is 0 Å². The van der Waals surface area contributed by atoms with E-state index in [2.05, 4.69) is 11.7 Å². The molecule has 48 heavy (non-hydrogen) atoms. The second-order valence-corrected chi connectivity index (χ2v) is 12.2. The van der Waals surface area contributed by atoms with Crippen LogP contribution in [-0.2, 0) is 12.3 Å². The zero-order valence-electron chi connectivity index (χ0n) is 25.9. The Morgan fingerprint density at radius 1 is 0.604 bits per heavy atom. The van der Waals surface area contributed by atoms with Gasteiger partial charge in [0.2, 0.25) is 0 Å². The smallest absolute Gasteiger partial charge is 0.429 e. The topological polar surface area (TPSA) is 9.23 Å². The number of ether oxygens (including phenoxy) is 1. The molecule has 1 aliphatic rings. The highest BCUT2D eigenvalue weighted by Crippen LogP contribution is 2.41. The van der Waals surface area contributed by atoms with Crippen molar-refractivity contribution in [2.45, 2.75) is 76.5 Å². The Morgan fingerprint density at radius 2 is 1.15 bits per heavy atom. The van der Waals surface area contributed by atoms with E-state index in [0.717, 1.165) is 24.8 Å². The molecule has 256 valence electrons. The van der Waals surface area contributed by atoms with Gasteiger partial charge in [-0.2, -0.15) is 22.0 Å². The second kappa shape index (κ2) is 14.2. The highest BCUT2D eigenvalue weighted by molar-refractivity contribution is 5.71. The van der Waals surface area contributed by atoms with E-state index in [9.17, 15) is 39.5 Å². The minimum atomic E-state index is -5.48. The Balaban J connectivity index is 1.30. The lowest BCUT2D eigenvalue weighted by Crippen LogP contribution is -2.25. The summed E-state index contributed by atoms with van der Waals surface area (Å²) in [6.07, 6.45) is -0.719. The average molecular weight is 683 g/mol. The van der Waals surface area contributed by atoms with Crippen LogP contribution in [0.3, 0.4) is 0 Å². The maximum atomic E-state index is 15.2. The van der Waals surface area contributed by atoms with Crippen LogP contribution in [0, 0.1) is 35.0 Å². The molecule has 0 radical (unpaired) electrons. The lowest BCUT2D eigenvalue weighted by Gasteiger charge is -2.29. The quantitative estimate of drug-likeness (QED) is 0.120. The summed E-state index contributed by atoms with van der Waals surface area (Å²) in [6, 6.07) is 12.2. The zero-order valence-corrected chi connectivity index (χ0v) is 25.9. The van der Waals surface area contributed by atoms with Crippen LogP contribution >= 0.6 is 0 Å². The summed E-state index contributed by atoms with van der Waals surface area (Å²) in [6.45, 7) is 2.20. The molecule has 0 bridgehead atoms. The van der Waals surface area contributed by atoms with Gasteiger partial charge in [0.1, 0.15) is 46.0 Å². The molecule has 1 aliphatic carbocycles. The number of benzene rings is 4. The van der Waals surface area contributed by atoms with Gasteiger partial charge in [0.25, 0.3) is 0 Å². The van der Waals surface area contributed by atoms with Crippen molar-refractivity contribution in [2.75, 3.05) is 0 Å². The van der Waals surface area contributed by atoms with Gasteiger partial charge in [-0.15, -0.1) is 0 Å². The molecule has 0 atom stereocenters. The fourth-order valence-corrected chi connectivity index (χ4v) is 6.43. The fourth-order valence-electron chi connectivity index (χ4n) is 6.43. The van der Waals surface area contributed by atoms with E-state index in [0.29, 0.717) is 29.2 Å². The van der Waals surface area contributed by atoms with Crippen LogP contribution in [0.25, 0.3) is 22.3 Å². The van der Waals surface area contributed by atoms with E-state index < -0.39 is 63.8 Å². The first kappa shape index (κ1) is 35.3. The number of halogens is 10. The number of rotatable bonds is 10. The third kappa shape index (κ3) is 7.81. The molecule has 5 rings (SSSR count). The summed E-state index contributed by atoms with van der Waals surface area (Å²) < 4.78 is 145. The molecule has 0 aliphatic heterocycles. The second-order valence-electron chi connectivity index (χ2n) is 12.2. The molecule has 0 aromatic heterocycles. The summed E-state index contributed by atoms with van der Waals surface area (Å²) in [5.41, 5.74) is -2.67. The molecule has 4 aromatic rings. The van der Waals surface area contributed by atoms with Crippen molar-refractivity contribution >= 4 is 0 Å². The van der Waals surface area contributed by atoms with E-state index in [1.54, 1.807) is 0 Å². The summed E-state index contributed by atoms with van der Waals surface area (Å²) in [7, 11) is 0. The molecular formula is C37H32F10O. The van der Waals surface area contributed by atoms with E-state index >= 15 is 4.39 Å². The van der Waals surface area contributed by atoms with Crippen molar-refractivity contribution in [3.8, 4) is 28.0 Å². The third-order valence-electron chi connectivity index (χ3n) is 8.94. The van der Waals surface area contributed by atoms with Crippen LogP contribution in [0.15, 0.2) is 66.7 Å². The highest BCUT2D eigenvalue weighted by Gasteiger charge is 2.43. The molecule has 1 fully saturated rings. The van der Waals surface area contributed by atoms with Crippen molar-refractivity contribution < 1.29 is 48.6 Å². The third-order valence-corrected chi connectivity index (χ3v) is 8.94. The van der Waals surface area contributed by atoms with Crippen molar-refractivity contribution in [1.82, 2.24) is 0 Å². The molecule has 0 heterocycles. The SMILES string of the molecule is CCCCCC1CCC(c2ccc(-c3ccc(-c4cc(F)c(C(F)(F)Oc5cc(F)c(C(F)(F)F)c(F)c5)c(F)c4)c(F)c3)cc2)CC1. The van der Waals surface area contributed by atoms with Crippen LogP contribution in [0.5, 0.6) is 5.75 Å². The minimum absolute atomic E-state index is 0.186. The van der Waals surface area contributed by atoms with Crippen LogP contribution in [0.1, 0.15) is 80.9 Å². The molecule has 0 saturated heterocycles. The Morgan fingerprint density at radius 3 is 1.69 bits per heavy atom. The summed E-state index contributed by atoms with van der Waals surface area (Å²) in [4.78, 5) is 0. The van der Waals surface area contributed by atoms with Crippen LogP contribution < -0.4 is 4.74 Å². The van der Waals surface area contributed by atoms with Crippen molar-refractivity contribution in [1.29, 1.82) is 0 Å². The average Bonchev–Trinajstić information content (AvgIpc) is 3.00. The van der Waals surface area contributed by atoms with Gasteiger partial charge in [-0.3, -0.25) is 0 Å². The Kier molecular flexibility index (Phi) is 10.5. The molecular weight excluding hydrogens is 650 g/mol. The molecule has 11 heteroatoms. The molecule has 0 N–H and O–H groups in total. The molecule has 0 amide bonds. The normalized spacial score (nSPS) is 17.1. The fraction of sp³-hybridized carbons (Fsp3) is 0.351. The maximum Gasteiger partial charge on any atom is 0.432 e. The number of alkyl halides is 5. The van der Waals surface area contributed by atoms with Gasteiger partial charge < -0.3 is 4.74 Å². The predicted molar refractivity (Wildman–Crippen MR) is 162 cm³/mol. The van der Waals surface area contributed by atoms with E-state index in [1.807, 2.05) is 24.3 Å². The van der Waals surface area contributed by atoms with E-state index in [-0.39, 0.29) is 17.7 Å². The first-order valence-corrected chi connectivity index (χ1v) is 15.7. The Labute approximate surface area is 271 Å². The van der Waals surface area contributed by atoms with E-state index in [1.165, 1.54) is 56.2 Å². The molecule has 1 nitrogen and oxygen atoms in total. The number of hydrogen-bond donors (Lipinski definition) is 0. The highest BCUT2D eigenvalue weighted by atomic mass is 19.4. The molecule has 0 spiro atoms. The van der Waals surface area contributed by atoms with Gasteiger partial charge in [0.05, 0.1) is 0 Å². The van der Waals surface area contributed by atoms with Crippen molar-refractivity contribution in [2.24, 2.45) is 5.92 Å². The minimum Gasteiger partial charge on any atom is -0.429 e. The van der Waals surface area contributed by atoms with Gasteiger partial charge >= 0.3 is 12.3 Å². The predicted octanol–water partition coefficient (Wildman–Crippen LogP) is 12.7. The Hall–Kier alpha value is -4.02. The first-order valence-electron chi connectivity index (χ1n) is 15.7. The van der Waals surface area contributed by atoms with Gasteiger partial charge in [-0.1, -0.05) is 69.0 Å². The van der Waals surface area contributed by atoms with Gasteiger partial charge in [-0.25, -0.2) is 22.0 Å². The van der Waals surface area contributed by atoms with Crippen LogP contribution in [0.2, 0.25) is 0 Å². The maximum absolute atomic E-state index is 15.2.